The highest BCUT2D eigenvalue weighted by atomic mass is 127. The van der Waals surface area contributed by atoms with Crippen LogP contribution in [0.4, 0.5) is 5.69 Å². The largest absolute Gasteiger partial charge is 0.357 e. The maximum atomic E-state index is 11.6. The Morgan fingerprint density at radius 3 is 2.64 bits per heavy atom. The number of aliphatic imine (C=N–C) groups is 1. The number of nitrogens with zero attached hydrogens (tertiary/aromatic N) is 2. The summed E-state index contributed by atoms with van der Waals surface area (Å²) in [5, 5.41) is 3.41. The Kier molecular flexibility index (Phi) is 10.0. The highest BCUT2D eigenvalue weighted by Gasteiger charge is 2.31. The molecule has 6 nitrogen and oxygen atoms in total. The minimum absolute atomic E-state index is 0. The maximum Gasteiger partial charge on any atom is 0.229 e. The highest BCUT2D eigenvalue weighted by Crippen LogP contribution is 2.34. The summed E-state index contributed by atoms with van der Waals surface area (Å²) in [4.78, 5) is 7.18. The molecule has 0 spiro atoms. The first-order chi connectivity index (χ1) is 12.8. The lowest BCUT2D eigenvalue weighted by molar-refractivity contribution is 0.142. The number of para-hydroxylation sites is 1. The molecule has 0 aromatic heterocycles. The molecule has 2 rings (SSSR count). The average Bonchev–Trinajstić information content (AvgIpc) is 2.58. The van der Waals surface area contributed by atoms with E-state index in [0.29, 0.717) is 17.6 Å². The number of nitrogens with one attached hydrogen (secondary N) is 2. The van der Waals surface area contributed by atoms with Crippen molar-refractivity contribution in [2.75, 3.05) is 30.6 Å². The van der Waals surface area contributed by atoms with Crippen molar-refractivity contribution in [1.82, 2.24) is 10.2 Å². The molecule has 1 aromatic rings. The molecule has 1 unspecified atom stereocenters. The van der Waals surface area contributed by atoms with Crippen LogP contribution in [-0.2, 0) is 16.6 Å². The monoisotopic (exact) mass is 522 g/mol. The molecule has 160 valence electrons. The topological polar surface area (TPSA) is 73.8 Å². The van der Waals surface area contributed by atoms with E-state index in [9.17, 15) is 8.42 Å². The van der Waals surface area contributed by atoms with E-state index in [0.717, 1.165) is 31.2 Å². The van der Waals surface area contributed by atoms with Crippen LogP contribution in [0.5, 0.6) is 0 Å². The fraction of sp³-hybridized carbons (Fsp3) is 0.650. The van der Waals surface area contributed by atoms with E-state index in [4.69, 9.17) is 4.99 Å². The first kappa shape index (κ1) is 25.0. The second-order valence-electron chi connectivity index (χ2n) is 7.79. The molecule has 1 fully saturated rings. The van der Waals surface area contributed by atoms with Crippen molar-refractivity contribution in [3.63, 3.8) is 0 Å². The number of rotatable bonds is 7. The lowest BCUT2D eigenvalue weighted by Gasteiger charge is -2.42. The molecule has 0 aliphatic carbocycles. The third-order valence-electron chi connectivity index (χ3n) is 4.98. The normalized spacial score (nSPS) is 20.4. The molecule has 1 saturated heterocycles. The van der Waals surface area contributed by atoms with Crippen molar-refractivity contribution in [2.24, 2.45) is 10.4 Å². The molecule has 2 N–H and O–H groups in total. The van der Waals surface area contributed by atoms with Gasteiger partial charge in [-0.15, -0.1) is 24.0 Å². The lowest BCUT2D eigenvalue weighted by Crippen LogP contribution is -2.49. The zero-order valence-corrected chi connectivity index (χ0v) is 20.6. The Bertz CT molecular complexity index is 750. The smallest absolute Gasteiger partial charge is 0.229 e. The summed E-state index contributed by atoms with van der Waals surface area (Å²) in [6, 6.07) is 7.42. The van der Waals surface area contributed by atoms with Crippen molar-refractivity contribution >= 4 is 45.6 Å². The fourth-order valence-corrected chi connectivity index (χ4v) is 4.45. The Morgan fingerprint density at radius 2 is 2.00 bits per heavy atom. The molecule has 0 bridgehead atoms. The van der Waals surface area contributed by atoms with E-state index < -0.39 is 10.0 Å². The Labute approximate surface area is 187 Å². The van der Waals surface area contributed by atoms with Crippen molar-refractivity contribution in [1.29, 1.82) is 0 Å². The van der Waals surface area contributed by atoms with Gasteiger partial charge in [0.05, 0.1) is 18.5 Å². The van der Waals surface area contributed by atoms with E-state index in [2.05, 4.69) is 35.7 Å². The number of piperidine rings is 1. The number of likely N-dealkylation sites (tertiary alicyclic amines) is 1. The van der Waals surface area contributed by atoms with Gasteiger partial charge in [-0.25, -0.2) is 13.4 Å². The average molecular weight is 522 g/mol. The summed E-state index contributed by atoms with van der Waals surface area (Å²) in [5.74, 6) is 0.911. The molecule has 1 heterocycles. The standard InChI is InChI=1S/C20H34N4O2S.HI/c1-5-12-20(3)13-9-14-24(16-20)19(21-6-2)22-15-17-10-7-8-11-18(17)23-27(4,25)26;/h7-8,10-11,23H,5-6,9,12-16H2,1-4H3,(H,21,22);1H. The first-order valence-corrected chi connectivity index (χ1v) is 11.7. The Balaban J connectivity index is 0.00000392. The molecule has 8 heteroatoms. The third-order valence-corrected chi connectivity index (χ3v) is 5.57. The van der Waals surface area contributed by atoms with Crippen molar-refractivity contribution in [3.8, 4) is 0 Å². The van der Waals surface area contributed by atoms with Gasteiger partial charge in [-0.3, -0.25) is 4.72 Å². The predicted octanol–water partition coefficient (Wildman–Crippen LogP) is 4.04. The van der Waals surface area contributed by atoms with Gasteiger partial charge in [0.15, 0.2) is 5.96 Å². The molecule has 1 atom stereocenters. The van der Waals surface area contributed by atoms with Gasteiger partial charge in [0, 0.05) is 19.6 Å². The molecule has 1 aliphatic heterocycles. The minimum atomic E-state index is -3.32. The van der Waals surface area contributed by atoms with Gasteiger partial charge < -0.3 is 10.2 Å². The predicted molar refractivity (Wildman–Crippen MR) is 129 cm³/mol. The number of halogens is 1. The van der Waals surface area contributed by atoms with E-state index >= 15 is 0 Å². The van der Waals surface area contributed by atoms with Gasteiger partial charge >= 0.3 is 0 Å². The number of sulfonamides is 1. The Morgan fingerprint density at radius 1 is 1.29 bits per heavy atom. The highest BCUT2D eigenvalue weighted by molar-refractivity contribution is 14.0. The first-order valence-electron chi connectivity index (χ1n) is 9.85. The van der Waals surface area contributed by atoms with Gasteiger partial charge in [0.1, 0.15) is 0 Å². The zero-order chi connectivity index (χ0) is 19.9. The summed E-state index contributed by atoms with van der Waals surface area (Å²) in [6.45, 7) is 9.95. The second kappa shape index (κ2) is 11.2. The number of benzene rings is 1. The van der Waals surface area contributed by atoms with Crippen LogP contribution in [0, 0.1) is 5.41 Å². The molecule has 0 saturated carbocycles. The molecular weight excluding hydrogens is 487 g/mol. The van der Waals surface area contributed by atoms with Gasteiger partial charge in [0.25, 0.3) is 0 Å². The van der Waals surface area contributed by atoms with E-state index in [1.807, 2.05) is 18.2 Å². The summed E-state index contributed by atoms with van der Waals surface area (Å²) in [6.07, 6.45) is 6.02. The third kappa shape index (κ3) is 7.77. The van der Waals surface area contributed by atoms with Crippen LogP contribution in [0.2, 0.25) is 0 Å². The quantitative estimate of drug-likeness (QED) is 0.322. The Hall–Kier alpha value is -1.03. The van der Waals surface area contributed by atoms with Gasteiger partial charge in [-0.1, -0.05) is 38.5 Å². The van der Waals surface area contributed by atoms with Crippen molar-refractivity contribution in [3.05, 3.63) is 29.8 Å². The second-order valence-corrected chi connectivity index (χ2v) is 9.54. The van der Waals surface area contributed by atoms with E-state index in [1.165, 1.54) is 31.9 Å². The van der Waals surface area contributed by atoms with Crippen molar-refractivity contribution in [2.45, 2.75) is 53.0 Å². The molecule has 0 amide bonds. The van der Waals surface area contributed by atoms with E-state index in [1.54, 1.807) is 6.07 Å². The van der Waals surface area contributed by atoms with Crippen molar-refractivity contribution < 1.29 is 8.42 Å². The van der Waals surface area contributed by atoms with Gasteiger partial charge in [-0.05, 0) is 43.2 Å². The molecule has 0 radical (unpaired) electrons. The van der Waals surface area contributed by atoms with Crippen LogP contribution in [0.15, 0.2) is 29.3 Å². The van der Waals surface area contributed by atoms with Gasteiger partial charge in [-0.2, -0.15) is 0 Å². The van der Waals surface area contributed by atoms with Crippen LogP contribution < -0.4 is 10.0 Å². The SMILES string of the molecule is CCCC1(C)CCCN(C(=NCc2ccccc2NS(C)(=O)=O)NCC)C1.I. The molecule has 28 heavy (non-hydrogen) atoms. The van der Waals surface area contributed by atoms with Crippen LogP contribution in [0.3, 0.4) is 0 Å². The fourth-order valence-electron chi connectivity index (χ4n) is 3.85. The minimum Gasteiger partial charge on any atom is -0.357 e. The molecule has 1 aromatic carbocycles. The van der Waals surface area contributed by atoms with Crippen LogP contribution in [-0.4, -0.2) is 45.2 Å². The van der Waals surface area contributed by atoms with Crippen LogP contribution in [0.25, 0.3) is 0 Å². The number of hydrogen-bond acceptors (Lipinski definition) is 3. The maximum absolute atomic E-state index is 11.6. The number of hydrogen-bond donors (Lipinski definition) is 2. The molecule has 1 aliphatic rings. The van der Waals surface area contributed by atoms with Crippen LogP contribution >= 0.6 is 24.0 Å². The van der Waals surface area contributed by atoms with Crippen LogP contribution in [0.1, 0.15) is 52.0 Å². The summed E-state index contributed by atoms with van der Waals surface area (Å²) in [5.41, 5.74) is 1.79. The lowest BCUT2D eigenvalue weighted by atomic mass is 9.78. The molecular formula is C20H35IN4O2S. The zero-order valence-electron chi connectivity index (χ0n) is 17.5. The van der Waals surface area contributed by atoms with E-state index in [-0.39, 0.29) is 24.0 Å². The summed E-state index contributed by atoms with van der Waals surface area (Å²) < 4.78 is 25.8. The summed E-state index contributed by atoms with van der Waals surface area (Å²) in [7, 11) is -3.32. The number of anilines is 1. The number of guanidine groups is 1. The van der Waals surface area contributed by atoms with Gasteiger partial charge in [0.2, 0.25) is 10.0 Å². The summed E-state index contributed by atoms with van der Waals surface area (Å²) >= 11 is 0.